The van der Waals surface area contributed by atoms with Crippen molar-refractivity contribution in [1.82, 2.24) is 5.16 Å². The summed E-state index contributed by atoms with van der Waals surface area (Å²) >= 11 is 0. The molecule has 2 unspecified atom stereocenters. The minimum absolute atomic E-state index is 0. The van der Waals surface area contributed by atoms with E-state index in [0.29, 0.717) is 6.42 Å². The van der Waals surface area contributed by atoms with Crippen molar-refractivity contribution >= 4 is 11.8 Å². The Bertz CT molecular complexity index is 713. The van der Waals surface area contributed by atoms with Crippen LogP contribution < -0.4 is 0 Å². The predicted molar refractivity (Wildman–Crippen MR) is 153 cm³/mol. The van der Waals surface area contributed by atoms with E-state index in [2.05, 4.69) is 43.5 Å². The van der Waals surface area contributed by atoms with Gasteiger partial charge in [0, 0.05) is 89.7 Å². The molecule has 2 aliphatic rings. The topological polar surface area (TPSA) is 88.4 Å². The van der Waals surface area contributed by atoms with E-state index in [4.69, 9.17) is 4.52 Å². The van der Waals surface area contributed by atoms with E-state index in [-0.39, 0.29) is 89.1 Å². The molecule has 218 valence electrons. The number of aromatic nitrogens is 1. The van der Waals surface area contributed by atoms with Crippen LogP contribution in [0.3, 0.4) is 0 Å². The molecule has 0 aliphatic heterocycles. The van der Waals surface area contributed by atoms with Crippen LogP contribution in [0.5, 0.6) is 0 Å². The summed E-state index contributed by atoms with van der Waals surface area (Å²) in [6.45, 7) is 22.5. The SMILES string of the molecule is CC.C[N-]C(=O)C(C)C[C@H]1CC[C@@H](C)[C@H]1C.C[N-]C(=O)C(C)Cc1noc2c1CCCC2.[CH2-]C.[CH2-]C.[Y].[Y]. The maximum absolute atomic E-state index is 11.4. The van der Waals surface area contributed by atoms with Crippen LogP contribution in [-0.2, 0) is 94.3 Å². The average molecular weight is 684 g/mol. The summed E-state index contributed by atoms with van der Waals surface area (Å²) in [5, 5.41) is 11.5. The number of fused-ring (bicyclic) bond motifs is 1. The van der Waals surface area contributed by atoms with Crippen LogP contribution in [0, 0.1) is 43.4 Å². The van der Waals surface area contributed by atoms with E-state index in [1.54, 1.807) is 20.9 Å². The van der Waals surface area contributed by atoms with Crippen molar-refractivity contribution in [2.24, 2.45) is 29.6 Å². The Kier molecular flexibility index (Phi) is 32.8. The molecule has 1 aromatic rings. The van der Waals surface area contributed by atoms with Crippen LogP contribution in [0.2, 0.25) is 0 Å². The van der Waals surface area contributed by atoms with Crippen molar-refractivity contribution in [3.05, 3.63) is 41.5 Å². The summed E-state index contributed by atoms with van der Waals surface area (Å²) in [6, 6.07) is 0. The van der Waals surface area contributed by atoms with Gasteiger partial charge in [0.2, 0.25) is 0 Å². The fraction of sp³-hybridized carbons (Fsp3) is 0.767. The van der Waals surface area contributed by atoms with Crippen molar-refractivity contribution in [3.63, 3.8) is 0 Å². The molecule has 3 rings (SSSR count). The van der Waals surface area contributed by atoms with Gasteiger partial charge in [-0.25, -0.2) is 0 Å². The number of rotatable bonds is 6. The number of aryl methyl sites for hydroxylation is 1. The quantitative estimate of drug-likeness (QED) is 0.283. The van der Waals surface area contributed by atoms with E-state index in [1.807, 2.05) is 27.7 Å². The van der Waals surface area contributed by atoms with Gasteiger partial charge in [0.1, 0.15) is 5.76 Å². The molecule has 6 nitrogen and oxygen atoms in total. The molecule has 1 fully saturated rings. The standard InChI is InChI=1S/C12H18N2O2.C12H23NO.C2H6.2C2H5.2Y/c1-8(12(15)13-2)7-10-9-5-3-4-6-11(9)16-14-10;1-8-5-6-11(10(8)3)7-9(2)12(14)13-4;3*1-2;;/h8H,3-7H2,1-2H3,(H,13,15);8-11H,5-7H2,1-4H3,(H,13,14);1-2H3;2*1H2,2H3;;/q;;;2*-1;;/p-2/t;8-,9?,10-,11-;;;;;/m.1...../s1. The van der Waals surface area contributed by atoms with Crippen LogP contribution in [0.1, 0.15) is 105 Å². The largest absolute Gasteiger partial charge is 0.656 e. The van der Waals surface area contributed by atoms with Gasteiger partial charge in [0.15, 0.2) is 0 Å². The molecule has 0 N–H and O–H groups in total. The summed E-state index contributed by atoms with van der Waals surface area (Å²) in [7, 11) is 3.14. The molecular weight excluding hydrogens is 628 g/mol. The first-order valence-corrected chi connectivity index (χ1v) is 13.9. The second kappa shape index (κ2) is 27.5. The smallest absolute Gasteiger partial charge is 0.140 e. The van der Waals surface area contributed by atoms with Crippen molar-refractivity contribution in [2.45, 2.75) is 107 Å². The second-order valence-electron chi connectivity index (χ2n) is 9.28. The van der Waals surface area contributed by atoms with Gasteiger partial charge in [-0.15, -0.1) is 14.1 Å². The van der Waals surface area contributed by atoms with Crippen LogP contribution in [0.15, 0.2) is 4.52 Å². The Balaban J connectivity index is -0.000000245. The Morgan fingerprint density at radius 2 is 1.42 bits per heavy atom. The van der Waals surface area contributed by atoms with E-state index in [0.717, 1.165) is 48.5 Å². The summed E-state index contributed by atoms with van der Waals surface area (Å²) in [5.74, 6) is 3.41. The Labute approximate surface area is 285 Å². The maximum atomic E-state index is 11.4. The van der Waals surface area contributed by atoms with Gasteiger partial charge in [-0.2, -0.15) is 13.8 Å². The van der Waals surface area contributed by atoms with E-state index < -0.39 is 0 Å². The molecule has 2 aliphatic carbocycles. The van der Waals surface area contributed by atoms with E-state index in [9.17, 15) is 9.59 Å². The summed E-state index contributed by atoms with van der Waals surface area (Å²) in [5.41, 5.74) is 2.20. The number of amides is 2. The zero-order valence-corrected chi connectivity index (χ0v) is 31.9. The van der Waals surface area contributed by atoms with Crippen LogP contribution in [0.25, 0.3) is 10.6 Å². The molecule has 0 saturated heterocycles. The fourth-order valence-corrected chi connectivity index (χ4v) is 4.78. The van der Waals surface area contributed by atoms with Crippen molar-refractivity contribution in [3.8, 4) is 0 Å². The van der Waals surface area contributed by atoms with Crippen molar-refractivity contribution < 1.29 is 79.5 Å². The predicted octanol–water partition coefficient (Wildman–Crippen LogP) is 8.19. The third-order valence-electron chi connectivity index (χ3n) is 7.11. The van der Waals surface area contributed by atoms with Crippen molar-refractivity contribution in [1.29, 1.82) is 0 Å². The molecule has 2 amide bonds. The number of carbonyl (C=O) groups excluding carboxylic acids is 2. The second-order valence-corrected chi connectivity index (χ2v) is 9.28. The molecule has 0 spiro atoms. The first-order valence-electron chi connectivity index (χ1n) is 13.9. The van der Waals surface area contributed by atoms with Crippen LogP contribution in [0.4, 0.5) is 0 Å². The van der Waals surface area contributed by atoms with E-state index >= 15 is 0 Å². The molecule has 1 heterocycles. The Morgan fingerprint density at radius 3 is 1.89 bits per heavy atom. The van der Waals surface area contributed by atoms with Gasteiger partial charge in [-0.05, 0) is 55.8 Å². The number of hydrogen-bond donors (Lipinski definition) is 0. The fourth-order valence-electron chi connectivity index (χ4n) is 4.78. The van der Waals surface area contributed by atoms with Crippen LogP contribution >= 0.6 is 0 Å². The third kappa shape index (κ3) is 16.0. The minimum atomic E-state index is -0.0962. The van der Waals surface area contributed by atoms with Gasteiger partial charge in [-0.1, -0.05) is 53.1 Å². The Morgan fingerprint density at radius 1 is 0.921 bits per heavy atom. The first kappa shape index (κ1) is 45.3. The zero-order valence-electron chi connectivity index (χ0n) is 26.2. The zero-order chi connectivity index (χ0) is 28.3. The summed E-state index contributed by atoms with van der Waals surface area (Å²) in [4.78, 5) is 22.7. The number of hydrogen-bond acceptors (Lipinski definition) is 4. The van der Waals surface area contributed by atoms with E-state index in [1.165, 1.54) is 38.3 Å². The van der Waals surface area contributed by atoms with Gasteiger partial charge in [0.25, 0.3) is 0 Å². The monoisotopic (exact) mass is 683 g/mol. The molecule has 1 aromatic heterocycles. The molecule has 38 heavy (non-hydrogen) atoms. The molecule has 2 radical (unpaired) electrons. The van der Waals surface area contributed by atoms with Crippen LogP contribution in [-0.4, -0.2) is 31.1 Å². The molecular formula is C30H55N3O3Y2-4. The first-order chi connectivity index (χ1) is 17.3. The summed E-state index contributed by atoms with van der Waals surface area (Å²) < 4.78 is 5.31. The third-order valence-corrected chi connectivity index (χ3v) is 7.11. The minimum Gasteiger partial charge on any atom is -0.656 e. The Hall–Kier alpha value is 0.358. The van der Waals surface area contributed by atoms with Gasteiger partial charge in [0.05, 0.1) is 17.5 Å². The van der Waals surface area contributed by atoms with Gasteiger partial charge in [-0.3, -0.25) is 0 Å². The molecule has 8 heteroatoms. The molecule has 1 saturated carbocycles. The maximum Gasteiger partial charge on any atom is 0.140 e. The van der Waals surface area contributed by atoms with Gasteiger partial charge < -0.3 is 38.6 Å². The van der Waals surface area contributed by atoms with Gasteiger partial charge >= 0.3 is 0 Å². The molecule has 5 atom stereocenters. The van der Waals surface area contributed by atoms with Crippen molar-refractivity contribution in [2.75, 3.05) is 14.1 Å². The average Bonchev–Trinajstić information content (AvgIpc) is 3.49. The number of carbonyl (C=O) groups is 2. The molecule has 0 aromatic carbocycles. The molecule has 0 bridgehead atoms. The summed E-state index contributed by atoms with van der Waals surface area (Å²) in [6.07, 6.45) is 8.71. The normalized spacial score (nSPS) is 20.1. The number of nitrogens with zero attached hydrogens (tertiary/aromatic N) is 3.